The maximum Gasteiger partial charge on any atom is 0.323 e. The van der Waals surface area contributed by atoms with Gasteiger partial charge >= 0.3 is 5.97 Å². The molecule has 0 fully saturated rings. The van der Waals surface area contributed by atoms with Crippen molar-refractivity contribution in [2.24, 2.45) is 0 Å². The normalized spacial score (nSPS) is 11.3. The van der Waals surface area contributed by atoms with Crippen molar-refractivity contribution in [3.8, 4) is 0 Å². The first-order valence-electron chi connectivity index (χ1n) is 6.78. The number of rotatable bonds is 4. The summed E-state index contributed by atoms with van der Waals surface area (Å²) >= 11 is 0. The van der Waals surface area contributed by atoms with Crippen LogP contribution in [0.5, 0.6) is 0 Å². The Balaban J connectivity index is 2.42. The third-order valence-electron chi connectivity index (χ3n) is 3.79. The van der Waals surface area contributed by atoms with E-state index in [1.165, 1.54) is 6.20 Å². The van der Waals surface area contributed by atoms with Crippen molar-refractivity contribution < 1.29 is 9.90 Å². The minimum Gasteiger partial charge on any atom is -0.480 e. The number of H-pyrrole nitrogens is 2. The second-order valence-corrected chi connectivity index (χ2v) is 4.94. The monoisotopic (exact) mass is 294 g/mol. The summed E-state index contributed by atoms with van der Waals surface area (Å²) in [5.74, 6) is -1.10. The Hall–Kier alpha value is -3.08. The Morgan fingerprint density at radius 2 is 1.41 bits per heavy atom. The highest BCUT2D eigenvalue weighted by Gasteiger charge is 2.46. The molecule has 3 N–H and O–H groups in total. The summed E-state index contributed by atoms with van der Waals surface area (Å²) in [5, 5.41) is 15.1. The molecule has 0 atom stereocenters. The Bertz CT molecular complexity index is 795. The van der Waals surface area contributed by atoms with Crippen molar-refractivity contribution in [3.05, 3.63) is 93.9 Å². The first kappa shape index (κ1) is 13.9. The molecule has 22 heavy (non-hydrogen) atoms. The molecule has 2 aromatic carbocycles. The van der Waals surface area contributed by atoms with Crippen LogP contribution in [0.2, 0.25) is 0 Å². The van der Waals surface area contributed by atoms with Crippen LogP contribution < -0.4 is 5.56 Å². The lowest BCUT2D eigenvalue weighted by molar-refractivity contribution is -0.140. The first-order valence-corrected chi connectivity index (χ1v) is 6.78. The Morgan fingerprint density at radius 3 is 1.77 bits per heavy atom. The summed E-state index contributed by atoms with van der Waals surface area (Å²) in [6.45, 7) is 0. The predicted octanol–water partition coefficient (Wildman–Crippen LogP) is 2.12. The summed E-state index contributed by atoms with van der Waals surface area (Å²) in [4.78, 5) is 24.5. The average Bonchev–Trinajstić information content (AvgIpc) is 2.97. The zero-order valence-electron chi connectivity index (χ0n) is 11.6. The quantitative estimate of drug-likeness (QED) is 0.689. The zero-order chi connectivity index (χ0) is 15.6. The lowest BCUT2D eigenvalue weighted by atomic mass is 9.70. The molecular weight excluding hydrogens is 280 g/mol. The molecule has 0 spiro atoms. The van der Waals surface area contributed by atoms with Crippen LogP contribution in [-0.2, 0) is 10.2 Å². The van der Waals surface area contributed by atoms with E-state index in [-0.39, 0.29) is 5.56 Å². The molecule has 1 heterocycles. The molecule has 1 aromatic heterocycles. The van der Waals surface area contributed by atoms with Crippen LogP contribution in [0.3, 0.4) is 0 Å². The summed E-state index contributed by atoms with van der Waals surface area (Å²) in [5.41, 5.74) is -0.805. The standard InChI is InChI=1S/C17H14N2O3/c20-15-14(11-18-19-15)17(16(21)22,12-7-3-1-4-8-12)13-9-5-2-6-10-13/h1-11H,(H,21,22)(H2,18,19,20). The van der Waals surface area contributed by atoms with Gasteiger partial charge in [-0.15, -0.1) is 0 Å². The molecule has 0 unspecified atom stereocenters. The van der Waals surface area contributed by atoms with Gasteiger partial charge in [0, 0.05) is 6.20 Å². The van der Waals surface area contributed by atoms with Gasteiger partial charge in [0.1, 0.15) is 5.41 Å². The number of benzene rings is 2. The number of carboxylic acid groups (broad SMARTS) is 1. The third-order valence-corrected chi connectivity index (χ3v) is 3.79. The summed E-state index contributed by atoms with van der Waals surface area (Å²) in [7, 11) is 0. The maximum atomic E-state index is 12.3. The second kappa shape index (κ2) is 5.37. The number of carbonyl (C=O) groups is 1. The summed E-state index contributed by atoms with van der Waals surface area (Å²) < 4.78 is 0. The van der Waals surface area contributed by atoms with Crippen LogP contribution in [0.15, 0.2) is 71.7 Å². The van der Waals surface area contributed by atoms with E-state index >= 15 is 0 Å². The Labute approximate surface area is 126 Å². The van der Waals surface area contributed by atoms with E-state index < -0.39 is 16.9 Å². The van der Waals surface area contributed by atoms with Crippen LogP contribution in [-0.4, -0.2) is 21.3 Å². The van der Waals surface area contributed by atoms with E-state index in [2.05, 4.69) is 10.2 Å². The molecule has 0 aliphatic rings. The van der Waals surface area contributed by atoms with Gasteiger partial charge in [0.05, 0.1) is 5.56 Å². The zero-order valence-corrected chi connectivity index (χ0v) is 11.6. The molecule has 0 saturated carbocycles. The molecule has 3 rings (SSSR count). The predicted molar refractivity (Wildman–Crippen MR) is 81.8 cm³/mol. The molecule has 5 nitrogen and oxygen atoms in total. The number of aromatic amines is 2. The van der Waals surface area contributed by atoms with Crippen molar-refractivity contribution >= 4 is 5.97 Å². The molecule has 5 heteroatoms. The van der Waals surface area contributed by atoms with Crippen LogP contribution in [0.25, 0.3) is 0 Å². The van der Waals surface area contributed by atoms with E-state index in [4.69, 9.17) is 0 Å². The van der Waals surface area contributed by atoms with Crippen LogP contribution >= 0.6 is 0 Å². The van der Waals surface area contributed by atoms with Gasteiger partial charge in [0.25, 0.3) is 5.56 Å². The fraction of sp³-hybridized carbons (Fsp3) is 0.0588. The van der Waals surface area contributed by atoms with Gasteiger partial charge in [-0.2, -0.15) is 0 Å². The molecule has 0 radical (unpaired) electrons. The van der Waals surface area contributed by atoms with Gasteiger partial charge in [0.15, 0.2) is 0 Å². The van der Waals surface area contributed by atoms with Crippen molar-refractivity contribution in [2.75, 3.05) is 0 Å². The number of nitrogens with one attached hydrogen (secondary N) is 2. The molecule has 3 aromatic rings. The SMILES string of the molecule is O=C(O)C(c1ccccc1)(c1ccccc1)c1c[nH][nH]c1=O. The van der Waals surface area contributed by atoms with E-state index in [0.29, 0.717) is 11.1 Å². The van der Waals surface area contributed by atoms with Crippen molar-refractivity contribution in [2.45, 2.75) is 5.41 Å². The van der Waals surface area contributed by atoms with Gasteiger partial charge < -0.3 is 10.2 Å². The highest BCUT2D eigenvalue weighted by Crippen LogP contribution is 2.37. The van der Waals surface area contributed by atoms with Gasteiger partial charge in [-0.25, -0.2) is 0 Å². The molecule has 0 saturated heterocycles. The average molecular weight is 294 g/mol. The van der Waals surface area contributed by atoms with Gasteiger partial charge in [0.2, 0.25) is 0 Å². The molecule has 0 amide bonds. The van der Waals surface area contributed by atoms with E-state index in [0.717, 1.165) is 0 Å². The highest BCUT2D eigenvalue weighted by molar-refractivity contribution is 5.90. The second-order valence-electron chi connectivity index (χ2n) is 4.94. The van der Waals surface area contributed by atoms with Crippen LogP contribution in [0.4, 0.5) is 0 Å². The summed E-state index contributed by atoms with van der Waals surface area (Å²) in [6, 6.07) is 17.5. The molecular formula is C17H14N2O3. The minimum absolute atomic E-state index is 0.150. The molecule has 0 bridgehead atoms. The number of hydrogen-bond acceptors (Lipinski definition) is 2. The largest absolute Gasteiger partial charge is 0.480 e. The lowest BCUT2D eigenvalue weighted by Crippen LogP contribution is -2.41. The molecule has 0 aliphatic heterocycles. The van der Waals surface area contributed by atoms with Crippen molar-refractivity contribution in [1.29, 1.82) is 0 Å². The fourth-order valence-corrected chi connectivity index (χ4v) is 2.80. The number of carboxylic acids is 1. The topological polar surface area (TPSA) is 85.9 Å². The minimum atomic E-state index is -1.56. The highest BCUT2D eigenvalue weighted by atomic mass is 16.4. The number of hydrogen-bond donors (Lipinski definition) is 3. The van der Waals surface area contributed by atoms with E-state index in [9.17, 15) is 14.7 Å². The molecule has 0 aliphatic carbocycles. The van der Waals surface area contributed by atoms with Crippen molar-refractivity contribution in [3.63, 3.8) is 0 Å². The number of aromatic nitrogens is 2. The number of aliphatic carboxylic acids is 1. The van der Waals surface area contributed by atoms with Crippen LogP contribution in [0.1, 0.15) is 16.7 Å². The third kappa shape index (κ3) is 1.95. The van der Waals surface area contributed by atoms with Gasteiger partial charge in [-0.1, -0.05) is 60.7 Å². The van der Waals surface area contributed by atoms with Gasteiger partial charge in [-0.3, -0.25) is 14.7 Å². The van der Waals surface area contributed by atoms with Crippen molar-refractivity contribution in [1.82, 2.24) is 10.2 Å². The maximum absolute atomic E-state index is 12.3. The molecule has 110 valence electrons. The first-order chi connectivity index (χ1) is 10.7. The van der Waals surface area contributed by atoms with Crippen LogP contribution in [0, 0.1) is 0 Å². The smallest absolute Gasteiger partial charge is 0.323 e. The Kier molecular flexibility index (Phi) is 3.39. The van der Waals surface area contributed by atoms with E-state index in [1.54, 1.807) is 48.5 Å². The fourth-order valence-electron chi connectivity index (χ4n) is 2.80. The Morgan fingerprint density at radius 1 is 0.909 bits per heavy atom. The lowest BCUT2D eigenvalue weighted by Gasteiger charge is -2.29. The van der Waals surface area contributed by atoms with E-state index in [1.807, 2.05) is 12.1 Å². The summed E-state index contributed by atoms with van der Waals surface area (Å²) in [6.07, 6.45) is 1.41. The van der Waals surface area contributed by atoms with Gasteiger partial charge in [-0.05, 0) is 11.1 Å².